The van der Waals surface area contributed by atoms with Crippen molar-refractivity contribution in [3.63, 3.8) is 0 Å². The zero-order chi connectivity index (χ0) is 14.2. The van der Waals surface area contributed by atoms with Gasteiger partial charge in [-0.05, 0) is 54.4 Å². The standard InChI is InChI=1S/C17H22O2/c1-11-9-12(2)15(17(3,4)10-11)13-5-7-14(8-6-13)16(18)19/h5-8,11H,9-10H2,1-4H3,(H,18,19). The number of rotatable bonds is 2. The SMILES string of the molecule is CC1=C(c2ccc(C(=O)O)cc2)C(C)(C)CC(C)C1. The lowest BCUT2D eigenvalue weighted by Gasteiger charge is -2.38. The molecular weight excluding hydrogens is 236 g/mol. The van der Waals surface area contributed by atoms with Gasteiger partial charge in [-0.3, -0.25) is 0 Å². The molecule has 1 aromatic rings. The lowest BCUT2D eigenvalue weighted by molar-refractivity contribution is 0.0697. The molecule has 102 valence electrons. The van der Waals surface area contributed by atoms with Gasteiger partial charge < -0.3 is 5.11 Å². The highest BCUT2D eigenvalue weighted by atomic mass is 16.4. The average Bonchev–Trinajstić information content (AvgIpc) is 2.26. The Balaban J connectivity index is 2.44. The molecule has 1 atom stereocenters. The van der Waals surface area contributed by atoms with Crippen molar-refractivity contribution in [3.05, 3.63) is 41.0 Å². The average molecular weight is 258 g/mol. The number of carboxylic acids is 1. The van der Waals surface area contributed by atoms with E-state index in [-0.39, 0.29) is 5.41 Å². The minimum absolute atomic E-state index is 0.159. The molecule has 0 fully saturated rings. The van der Waals surface area contributed by atoms with E-state index in [0.717, 1.165) is 12.3 Å². The summed E-state index contributed by atoms with van der Waals surface area (Å²) < 4.78 is 0. The van der Waals surface area contributed by atoms with E-state index in [0.29, 0.717) is 5.56 Å². The highest BCUT2D eigenvalue weighted by Crippen LogP contribution is 2.47. The number of hydrogen-bond donors (Lipinski definition) is 1. The van der Waals surface area contributed by atoms with Gasteiger partial charge in [0.1, 0.15) is 0 Å². The monoisotopic (exact) mass is 258 g/mol. The molecular formula is C17H22O2. The Morgan fingerprint density at radius 2 is 1.84 bits per heavy atom. The van der Waals surface area contributed by atoms with E-state index in [1.165, 1.54) is 23.1 Å². The normalized spacial score (nSPS) is 22.4. The molecule has 2 nitrogen and oxygen atoms in total. The van der Waals surface area contributed by atoms with E-state index in [2.05, 4.69) is 27.7 Å². The van der Waals surface area contributed by atoms with Gasteiger partial charge in [0, 0.05) is 0 Å². The molecule has 0 bridgehead atoms. The zero-order valence-corrected chi connectivity index (χ0v) is 12.2. The van der Waals surface area contributed by atoms with Gasteiger partial charge in [-0.1, -0.05) is 38.5 Å². The topological polar surface area (TPSA) is 37.3 Å². The van der Waals surface area contributed by atoms with Gasteiger partial charge in [0.25, 0.3) is 0 Å². The van der Waals surface area contributed by atoms with Crippen LogP contribution in [-0.2, 0) is 0 Å². The molecule has 1 aliphatic carbocycles. The third-order valence-corrected chi connectivity index (χ3v) is 4.04. The molecule has 1 N–H and O–H groups in total. The predicted molar refractivity (Wildman–Crippen MR) is 78.2 cm³/mol. The van der Waals surface area contributed by atoms with Gasteiger partial charge >= 0.3 is 5.97 Å². The number of carbonyl (C=O) groups is 1. The van der Waals surface area contributed by atoms with Gasteiger partial charge in [0.2, 0.25) is 0 Å². The van der Waals surface area contributed by atoms with Gasteiger partial charge in [-0.15, -0.1) is 0 Å². The van der Waals surface area contributed by atoms with E-state index < -0.39 is 5.97 Å². The first-order valence-electron chi connectivity index (χ1n) is 6.85. The first-order chi connectivity index (χ1) is 8.81. The summed E-state index contributed by atoms with van der Waals surface area (Å²) in [6.45, 7) is 9.08. The van der Waals surface area contributed by atoms with E-state index in [9.17, 15) is 4.79 Å². The van der Waals surface area contributed by atoms with E-state index in [1.54, 1.807) is 12.1 Å². The molecule has 1 unspecified atom stereocenters. The summed E-state index contributed by atoms with van der Waals surface area (Å²) in [5, 5.41) is 8.96. The predicted octanol–water partition coefficient (Wildman–Crippen LogP) is 4.61. The van der Waals surface area contributed by atoms with Crippen LogP contribution in [0.25, 0.3) is 5.57 Å². The fourth-order valence-corrected chi connectivity index (χ4v) is 3.66. The van der Waals surface area contributed by atoms with Crippen molar-refractivity contribution in [1.29, 1.82) is 0 Å². The largest absolute Gasteiger partial charge is 0.478 e. The summed E-state index contributed by atoms with van der Waals surface area (Å²) in [7, 11) is 0. The van der Waals surface area contributed by atoms with Crippen molar-refractivity contribution in [2.45, 2.75) is 40.5 Å². The van der Waals surface area contributed by atoms with Crippen molar-refractivity contribution >= 4 is 11.5 Å². The van der Waals surface area contributed by atoms with Gasteiger partial charge in [-0.25, -0.2) is 4.79 Å². The molecule has 2 rings (SSSR count). The minimum atomic E-state index is -0.867. The molecule has 0 aliphatic heterocycles. The van der Waals surface area contributed by atoms with Crippen LogP contribution < -0.4 is 0 Å². The lowest BCUT2D eigenvalue weighted by atomic mass is 9.67. The van der Waals surface area contributed by atoms with Crippen molar-refractivity contribution in [2.75, 3.05) is 0 Å². The van der Waals surface area contributed by atoms with Gasteiger partial charge in [0.05, 0.1) is 5.56 Å². The number of aromatic carboxylic acids is 1. The summed E-state index contributed by atoms with van der Waals surface area (Å²) in [5.41, 5.74) is 4.50. The molecule has 0 radical (unpaired) electrons. The quantitative estimate of drug-likeness (QED) is 0.840. The number of allylic oxidation sites excluding steroid dienone is 2. The number of benzene rings is 1. The molecule has 1 aliphatic rings. The lowest BCUT2D eigenvalue weighted by Crippen LogP contribution is -2.24. The molecule has 2 heteroatoms. The second-order valence-electron chi connectivity index (χ2n) is 6.44. The molecule has 0 heterocycles. The van der Waals surface area contributed by atoms with Crippen LogP contribution in [0.1, 0.15) is 56.5 Å². The van der Waals surface area contributed by atoms with Crippen LogP contribution in [0.2, 0.25) is 0 Å². The molecule has 0 saturated heterocycles. The third-order valence-electron chi connectivity index (χ3n) is 4.04. The number of hydrogen-bond acceptors (Lipinski definition) is 1. The van der Waals surface area contributed by atoms with E-state index in [4.69, 9.17) is 5.11 Å². The second-order valence-corrected chi connectivity index (χ2v) is 6.44. The summed E-state index contributed by atoms with van der Waals surface area (Å²) in [6.07, 6.45) is 2.32. The Hall–Kier alpha value is -1.57. The Morgan fingerprint density at radius 1 is 1.26 bits per heavy atom. The summed E-state index contributed by atoms with van der Waals surface area (Å²) in [4.78, 5) is 10.9. The van der Waals surface area contributed by atoms with E-state index in [1.807, 2.05) is 12.1 Å². The smallest absolute Gasteiger partial charge is 0.335 e. The Labute approximate surface area is 115 Å². The van der Waals surface area contributed by atoms with Crippen molar-refractivity contribution in [1.82, 2.24) is 0 Å². The summed E-state index contributed by atoms with van der Waals surface area (Å²) in [5.74, 6) is -0.147. The van der Waals surface area contributed by atoms with Crippen LogP contribution in [-0.4, -0.2) is 11.1 Å². The van der Waals surface area contributed by atoms with Gasteiger partial charge in [-0.2, -0.15) is 0 Å². The molecule has 0 saturated carbocycles. The van der Waals surface area contributed by atoms with Crippen molar-refractivity contribution in [2.24, 2.45) is 11.3 Å². The molecule has 0 amide bonds. The highest BCUT2D eigenvalue weighted by Gasteiger charge is 2.32. The zero-order valence-electron chi connectivity index (χ0n) is 12.2. The van der Waals surface area contributed by atoms with Crippen molar-refractivity contribution < 1.29 is 9.90 Å². The Bertz CT molecular complexity index is 521. The van der Waals surface area contributed by atoms with Crippen LogP contribution in [0.4, 0.5) is 0 Å². The van der Waals surface area contributed by atoms with Crippen LogP contribution >= 0.6 is 0 Å². The first kappa shape index (κ1) is 13.9. The Kier molecular flexibility index (Phi) is 3.53. The minimum Gasteiger partial charge on any atom is -0.478 e. The maximum Gasteiger partial charge on any atom is 0.335 e. The molecule has 1 aromatic carbocycles. The van der Waals surface area contributed by atoms with E-state index >= 15 is 0 Å². The second kappa shape index (κ2) is 4.84. The number of carboxylic acid groups (broad SMARTS) is 1. The maximum atomic E-state index is 10.9. The summed E-state index contributed by atoms with van der Waals surface area (Å²) in [6, 6.07) is 7.29. The fraction of sp³-hybridized carbons (Fsp3) is 0.471. The Morgan fingerprint density at radius 3 is 2.32 bits per heavy atom. The maximum absolute atomic E-state index is 10.9. The highest BCUT2D eigenvalue weighted by molar-refractivity contribution is 5.88. The first-order valence-corrected chi connectivity index (χ1v) is 6.85. The molecule has 19 heavy (non-hydrogen) atoms. The van der Waals surface area contributed by atoms with Crippen molar-refractivity contribution in [3.8, 4) is 0 Å². The van der Waals surface area contributed by atoms with Crippen LogP contribution in [0, 0.1) is 11.3 Å². The molecule has 0 spiro atoms. The van der Waals surface area contributed by atoms with Crippen LogP contribution in [0.15, 0.2) is 29.8 Å². The molecule has 0 aromatic heterocycles. The fourth-order valence-electron chi connectivity index (χ4n) is 3.66. The third kappa shape index (κ3) is 2.73. The summed E-state index contributed by atoms with van der Waals surface area (Å²) >= 11 is 0. The van der Waals surface area contributed by atoms with Crippen LogP contribution in [0.3, 0.4) is 0 Å². The van der Waals surface area contributed by atoms with Crippen LogP contribution in [0.5, 0.6) is 0 Å². The van der Waals surface area contributed by atoms with Gasteiger partial charge in [0.15, 0.2) is 0 Å².